The number of aromatic nitrogens is 3. The number of nitrogens with zero attached hydrogens (tertiary/aromatic N) is 5. The second kappa shape index (κ2) is 11.6. The minimum atomic E-state index is 0.212. The molecule has 2 N–H and O–H groups in total. The van der Waals surface area contributed by atoms with E-state index >= 15 is 0 Å². The number of aliphatic hydroxyl groups excluding tert-OH is 1. The zero-order valence-electron chi connectivity index (χ0n) is 19.2. The van der Waals surface area contributed by atoms with Crippen LogP contribution in [-0.4, -0.2) is 77.4 Å². The largest absolute Gasteiger partial charge is 0.494 e. The van der Waals surface area contributed by atoms with Gasteiger partial charge in [-0.05, 0) is 37.1 Å². The number of aliphatic hydroxyl groups is 1. The number of hydrogen-bond donors (Lipinski definition) is 2. The Kier molecular flexibility index (Phi) is 8.05. The van der Waals surface area contributed by atoms with Crippen molar-refractivity contribution in [3.05, 3.63) is 60.6 Å². The van der Waals surface area contributed by atoms with Crippen LogP contribution in [0, 0.1) is 0 Å². The molecular formula is C25H32N6O2. The van der Waals surface area contributed by atoms with Crippen molar-refractivity contribution in [3.63, 3.8) is 0 Å². The van der Waals surface area contributed by atoms with Gasteiger partial charge in [0.25, 0.3) is 0 Å². The molecule has 8 nitrogen and oxygen atoms in total. The van der Waals surface area contributed by atoms with Crippen LogP contribution in [0.3, 0.4) is 0 Å². The van der Waals surface area contributed by atoms with Gasteiger partial charge in [-0.3, -0.25) is 4.90 Å². The van der Waals surface area contributed by atoms with Gasteiger partial charge in [0.2, 0.25) is 0 Å². The van der Waals surface area contributed by atoms with E-state index in [1.54, 1.807) is 6.33 Å². The zero-order chi connectivity index (χ0) is 22.9. The van der Waals surface area contributed by atoms with E-state index in [1.807, 2.05) is 37.4 Å². The van der Waals surface area contributed by atoms with Gasteiger partial charge in [0.1, 0.15) is 23.7 Å². The van der Waals surface area contributed by atoms with E-state index in [2.05, 4.69) is 48.3 Å². The lowest BCUT2D eigenvalue weighted by Gasteiger charge is -2.35. The van der Waals surface area contributed by atoms with Crippen molar-refractivity contribution in [1.82, 2.24) is 19.9 Å². The van der Waals surface area contributed by atoms with Crippen LogP contribution in [0.15, 0.2) is 55.0 Å². The molecule has 3 aromatic rings. The van der Waals surface area contributed by atoms with Crippen LogP contribution in [0.5, 0.6) is 5.75 Å². The number of nitrogens with one attached hydrogen (secondary N) is 1. The summed E-state index contributed by atoms with van der Waals surface area (Å²) in [7, 11) is 0. The predicted molar refractivity (Wildman–Crippen MR) is 131 cm³/mol. The normalized spacial score (nSPS) is 14.3. The maximum absolute atomic E-state index is 9.10. The van der Waals surface area contributed by atoms with Gasteiger partial charge in [-0.25, -0.2) is 15.0 Å². The maximum Gasteiger partial charge on any atom is 0.129 e. The number of β-amino-alcohol motifs (C(OH)–C–C–N with tert-alkyl or cyclic N) is 1. The van der Waals surface area contributed by atoms with E-state index in [4.69, 9.17) is 9.84 Å². The molecule has 3 heterocycles. The summed E-state index contributed by atoms with van der Waals surface area (Å²) >= 11 is 0. The first-order valence-corrected chi connectivity index (χ1v) is 11.6. The first-order chi connectivity index (χ1) is 16.3. The fourth-order valence-electron chi connectivity index (χ4n) is 4.01. The first kappa shape index (κ1) is 22.9. The number of hydrogen-bond acceptors (Lipinski definition) is 8. The van der Waals surface area contributed by atoms with Crippen molar-refractivity contribution in [2.75, 3.05) is 62.7 Å². The molecule has 1 aliphatic heterocycles. The molecule has 1 fully saturated rings. The van der Waals surface area contributed by atoms with Crippen LogP contribution in [0.4, 0.5) is 11.6 Å². The van der Waals surface area contributed by atoms with Crippen LogP contribution in [0.2, 0.25) is 0 Å². The zero-order valence-corrected chi connectivity index (χ0v) is 19.2. The molecule has 0 radical (unpaired) electrons. The molecule has 0 amide bonds. The summed E-state index contributed by atoms with van der Waals surface area (Å²) in [6, 6.07) is 14.2. The molecule has 1 aliphatic rings. The molecule has 0 aliphatic carbocycles. The number of para-hydroxylation sites is 1. The fraction of sp³-hybridized carbons (Fsp3) is 0.400. The standard InChI is InChI=1S/C25H32N6O2/c1-2-33-23-6-4-3-5-20(23)9-10-26-24-17-22(28-19-29-24)21-7-8-25(27-18-21)31-13-11-30(12-14-31)15-16-32/h3-8,17-19,32H,2,9-16H2,1H3,(H,26,28,29). The maximum atomic E-state index is 9.10. The van der Waals surface area contributed by atoms with Crippen molar-refractivity contribution < 1.29 is 9.84 Å². The number of ether oxygens (including phenoxy) is 1. The Morgan fingerprint density at radius 2 is 1.88 bits per heavy atom. The van der Waals surface area contributed by atoms with E-state index in [-0.39, 0.29) is 6.61 Å². The van der Waals surface area contributed by atoms with Crippen LogP contribution in [-0.2, 0) is 6.42 Å². The average molecular weight is 449 g/mol. The van der Waals surface area contributed by atoms with E-state index in [0.717, 1.165) is 74.3 Å². The van der Waals surface area contributed by atoms with E-state index in [1.165, 1.54) is 5.56 Å². The average Bonchev–Trinajstić information content (AvgIpc) is 2.86. The van der Waals surface area contributed by atoms with Gasteiger partial charge in [0.15, 0.2) is 0 Å². The van der Waals surface area contributed by atoms with Crippen molar-refractivity contribution in [1.29, 1.82) is 0 Å². The number of anilines is 2. The molecule has 33 heavy (non-hydrogen) atoms. The van der Waals surface area contributed by atoms with E-state index in [9.17, 15) is 0 Å². The third kappa shape index (κ3) is 6.18. The van der Waals surface area contributed by atoms with Gasteiger partial charge >= 0.3 is 0 Å². The highest BCUT2D eigenvalue weighted by atomic mass is 16.5. The molecule has 1 saturated heterocycles. The molecule has 0 atom stereocenters. The molecule has 1 aromatic carbocycles. The van der Waals surface area contributed by atoms with Crippen molar-refractivity contribution in [3.8, 4) is 17.0 Å². The molecular weight excluding hydrogens is 416 g/mol. The lowest BCUT2D eigenvalue weighted by molar-refractivity contribution is 0.188. The third-order valence-electron chi connectivity index (χ3n) is 5.80. The topological polar surface area (TPSA) is 86.6 Å². The van der Waals surface area contributed by atoms with Gasteiger partial charge in [-0.15, -0.1) is 0 Å². The van der Waals surface area contributed by atoms with Gasteiger partial charge in [0.05, 0.1) is 18.9 Å². The minimum absolute atomic E-state index is 0.212. The molecule has 0 spiro atoms. The molecule has 0 bridgehead atoms. The lowest BCUT2D eigenvalue weighted by atomic mass is 10.1. The second-order valence-corrected chi connectivity index (χ2v) is 7.96. The second-order valence-electron chi connectivity index (χ2n) is 7.96. The Morgan fingerprint density at radius 1 is 1.03 bits per heavy atom. The van der Waals surface area contributed by atoms with Crippen LogP contribution >= 0.6 is 0 Å². The molecule has 2 aromatic heterocycles. The highest BCUT2D eigenvalue weighted by Gasteiger charge is 2.17. The quantitative estimate of drug-likeness (QED) is 0.490. The Morgan fingerprint density at radius 3 is 2.64 bits per heavy atom. The monoisotopic (exact) mass is 448 g/mol. The first-order valence-electron chi connectivity index (χ1n) is 11.6. The summed E-state index contributed by atoms with van der Waals surface area (Å²) in [6.45, 7) is 8.08. The van der Waals surface area contributed by atoms with E-state index in [0.29, 0.717) is 6.61 Å². The fourth-order valence-corrected chi connectivity index (χ4v) is 4.01. The van der Waals surface area contributed by atoms with Gasteiger partial charge in [-0.1, -0.05) is 18.2 Å². The molecule has 0 saturated carbocycles. The molecule has 174 valence electrons. The number of benzene rings is 1. The van der Waals surface area contributed by atoms with Gasteiger partial charge in [0, 0.05) is 57.1 Å². The number of pyridine rings is 1. The summed E-state index contributed by atoms with van der Waals surface area (Å²) in [5.74, 6) is 2.70. The summed E-state index contributed by atoms with van der Waals surface area (Å²) in [5, 5.41) is 12.5. The number of rotatable bonds is 10. The van der Waals surface area contributed by atoms with E-state index < -0.39 is 0 Å². The highest BCUT2D eigenvalue weighted by Crippen LogP contribution is 2.22. The Balaban J connectivity index is 1.34. The van der Waals surface area contributed by atoms with Crippen LogP contribution < -0.4 is 15.0 Å². The predicted octanol–water partition coefficient (Wildman–Crippen LogP) is 2.71. The molecule has 4 rings (SSSR count). The van der Waals surface area contributed by atoms with Crippen molar-refractivity contribution >= 4 is 11.6 Å². The Labute approximate surface area is 195 Å². The number of piperazine rings is 1. The summed E-state index contributed by atoms with van der Waals surface area (Å²) in [5.41, 5.74) is 2.98. The molecule has 0 unspecified atom stereocenters. The highest BCUT2D eigenvalue weighted by molar-refractivity contribution is 5.62. The van der Waals surface area contributed by atoms with Crippen molar-refractivity contribution in [2.45, 2.75) is 13.3 Å². The minimum Gasteiger partial charge on any atom is -0.494 e. The SMILES string of the molecule is CCOc1ccccc1CCNc1cc(-c2ccc(N3CCN(CCO)CC3)nc2)ncn1. The van der Waals surface area contributed by atoms with Crippen molar-refractivity contribution in [2.24, 2.45) is 0 Å². The smallest absolute Gasteiger partial charge is 0.129 e. The Bertz CT molecular complexity index is 1010. The lowest BCUT2D eigenvalue weighted by Crippen LogP contribution is -2.47. The van der Waals surface area contributed by atoms with Gasteiger partial charge < -0.3 is 20.1 Å². The summed E-state index contributed by atoms with van der Waals surface area (Å²) in [4.78, 5) is 18.0. The van der Waals surface area contributed by atoms with Crippen LogP contribution in [0.1, 0.15) is 12.5 Å². The summed E-state index contributed by atoms with van der Waals surface area (Å²) < 4.78 is 5.71. The third-order valence-corrected chi connectivity index (χ3v) is 5.80. The Hall–Kier alpha value is -3.23. The summed E-state index contributed by atoms with van der Waals surface area (Å²) in [6.07, 6.45) is 4.30. The molecule has 8 heteroatoms. The van der Waals surface area contributed by atoms with Crippen LogP contribution in [0.25, 0.3) is 11.3 Å². The van der Waals surface area contributed by atoms with Gasteiger partial charge in [-0.2, -0.15) is 0 Å².